The van der Waals surface area contributed by atoms with Gasteiger partial charge in [-0.3, -0.25) is 4.68 Å². The van der Waals surface area contributed by atoms with Crippen LogP contribution in [0.2, 0.25) is 5.02 Å². The topological polar surface area (TPSA) is 55.1 Å². The van der Waals surface area contributed by atoms with Crippen molar-refractivity contribution >= 4 is 50.3 Å². The lowest BCUT2D eigenvalue weighted by Crippen LogP contribution is -2.04. The van der Waals surface area contributed by atoms with Crippen molar-refractivity contribution in [3.63, 3.8) is 0 Å². The van der Waals surface area contributed by atoms with Crippen LogP contribution in [0.3, 0.4) is 0 Å². The molecule has 4 rings (SSSR count). The summed E-state index contributed by atoms with van der Waals surface area (Å²) in [5, 5.41) is 17.3. The molecule has 0 radical (unpaired) electrons. The van der Waals surface area contributed by atoms with Crippen LogP contribution in [0.5, 0.6) is 0 Å². The van der Waals surface area contributed by atoms with Crippen LogP contribution in [0, 0.1) is 0 Å². The van der Waals surface area contributed by atoms with E-state index < -0.39 is 5.97 Å². The first-order chi connectivity index (χ1) is 11.6. The Kier molecular flexibility index (Phi) is 3.88. The first kappa shape index (κ1) is 15.4. The highest BCUT2D eigenvalue weighted by Crippen LogP contribution is 2.31. The average molecular weight is 375 g/mol. The van der Waals surface area contributed by atoms with E-state index in [0.29, 0.717) is 11.6 Å². The van der Waals surface area contributed by atoms with Crippen molar-refractivity contribution in [1.82, 2.24) is 9.78 Å². The summed E-state index contributed by atoms with van der Waals surface area (Å²) in [5.41, 5.74) is 0.875. The van der Waals surface area contributed by atoms with E-state index in [4.69, 9.17) is 11.6 Å². The number of hydrogen-bond acceptors (Lipinski definition) is 4. The Morgan fingerprint density at radius 2 is 2.12 bits per heavy atom. The summed E-state index contributed by atoms with van der Waals surface area (Å²) in [4.78, 5) is 13.4. The van der Waals surface area contributed by atoms with Gasteiger partial charge in [-0.25, -0.2) is 4.79 Å². The SMILES string of the molecule is O=C(O)c1cc(-c2cccs2)n(Cc2cc3ccc(Cl)cc3s2)n1. The van der Waals surface area contributed by atoms with Crippen LogP contribution < -0.4 is 0 Å². The fourth-order valence-corrected chi connectivity index (χ4v) is 4.62. The number of aromatic nitrogens is 2. The number of carbonyl (C=O) groups is 1. The maximum atomic E-state index is 11.3. The molecule has 0 aliphatic carbocycles. The van der Waals surface area contributed by atoms with Gasteiger partial charge >= 0.3 is 5.97 Å². The third kappa shape index (κ3) is 2.84. The highest BCUT2D eigenvalue weighted by atomic mass is 35.5. The molecule has 0 aliphatic heterocycles. The minimum absolute atomic E-state index is 0.0579. The highest BCUT2D eigenvalue weighted by molar-refractivity contribution is 7.19. The molecule has 4 nitrogen and oxygen atoms in total. The van der Waals surface area contributed by atoms with Gasteiger partial charge in [0, 0.05) is 14.6 Å². The second kappa shape index (κ2) is 6.05. The summed E-state index contributed by atoms with van der Waals surface area (Å²) >= 11 is 9.25. The van der Waals surface area contributed by atoms with Crippen LogP contribution in [-0.4, -0.2) is 20.9 Å². The number of hydrogen-bond donors (Lipinski definition) is 1. The Morgan fingerprint density at radius 3 is 2.88 bits per heavy atom. The first-order valence-electron chi connectivity index (χ1n) is 7.13. The lowest BCUT2D eigenvalue weighted by Gasteiger charge is -2.03. The number of rotatable bonds is 4. The molecule has 0 unspecified atom stereocenters. The van der Waals surface area contributed by atoms with Crippen molar-refractivity contribution < 1.29 is 9.90 Å². The summed E-state index contributed by atoms with van der Waals surface area (Å²) in [7, 11) is 0. The monoisotopic (exact) mass is 374 g/mol. The number of fused-ring (bicyclic) bond motifs is 1. The third-order valence-electron chi connectivity index (χ3n) is 3.61. The van der Waals surface area contributed by atoms with Gasteiger partial charge in [0.25, 0.3) is 0 Å². The molecule has 3 heterocycles. The molecule has 1 aromatic carbocycles. The summed E-state index contributed by atoms with van der Waals surface area (Å²) in [6.45, 7) is 0.525. The molecule has 4 aromatic rings. The zero-order chi connectivity index (χ0) is 16.7. The average Bonchev–Trinajstić information content (AvgIpc) is 3.24. The van der Waals surface area contributed by atoms with Gasteiger partial charge in [-0.15, -0.1) is 22.7 Å². The Bertz CT molecular complexity index is 1030. The Balaban J connectivity index is 1.76. The fraction of sp³-hybridized carbons (Fsp3) is 0.0588. The van der Waals surface area contributed by atoms with E-state index in [1.807, 2.05) is 35.7 Å². The number of carboxylic acid groups (broad SMARTS) is 1. The maximum absolute atomic E-state index is 11.3. The van der Waals surface area contributed by atoms with Crippen LogP contribution >= 0.6 is 34.3 Å². The Morgan fingerprint density at radius 1 is 1.25 bits per heavy atom. The molecule has 0 aliphatic rings. The molecule has 0 bridgehead atoms. The van der Waals surface area contributed by atoms with Crippen LogP contribution in [0.1, 0.15) is 15.4 Å². The van der Waals surface area contributed by atoms with Gasteiger partial charge in [-0.1, -0.05) is 23.7 Å². The van der Waals surface area contributed by atoms with Gasteiger partial charge in [-0.05, 0) is 41.1 Å². The molecule has 0 amide bonds. The van der Waals surface area contributed by atoms with E-state index in [2.05, 4.69) is 11.2 Å². The van der Waals surface area contributed by atoms with E-state index in [1.54, 1.807) is 33.4 Å². The van der Waals surface area contributed by atoms with Crippen molar-refractivity contribution in [2.24, 2.45) is 0 Å². The molecule has 0 spiro atoms. The highest BCUT2D eigenvalue weighted by Gasteiger charge is 2.16. The largest absolute Gasteiger partial charge is 0.476 e. The minimum atomic E-state index is -1.02. The number of thiophene rings is 2. The summed E-state index contributed by atoms with van der Waals surface area (Å²) < 4.78 is 2.86. The molecule has 7 heteroatoms. The van der Waals surface area contributed by atoms with Crippen LogP contribution in [0.4, 0.5) is 0 Å². The smallest absolute Gasteiger partial charge is 0.356 e. The quantitative estimate of drug-likeness (QED) is 0.532. The molecular formula is C17H11ClN2O2S2. The number of aromatic carboxylic acids is 1. The normalized spacial score (nSPS) is 11.2. The lowest BCUT2D eigenvalue weighted by atomic mass is 10.2. The Hall–Kier alpha value is -2.15. The minimum Gasteiger partial charge on any atom is -0.476 e. The van der Waals surface area contributed by atoms with E-state index in [0.717, 1.165) is 25.5 Å². The van der Waals surface area contributed by atoms with Crippen molar-refractivity contribution in [3.8, 4) is 10.6 Å². The number of halogens is 1. The standard InChI is InChI=1S/C17H11ClN2O2S2/c18-11-4-3-10-6-12(24-16(10)7-11)9-20-14(15-2-1-5-23-15)8-13(19-20)17(21)22/h1-8H,9H2,(H,21,22). The van der Waals surface area contributed by atoms with Crippen LogP contribution in [0.15, 0.2) is 47.8 Å². The zero-order valence-corrected chi connectivity index (χ0v) is 14.7. The first-order valence-corrected chi connectivity index (χ1v) is 9.20. The molecule has 0 saturated carbocycles. The molecule has 3 aromatic heterocycles. The number of nitrogens with zero attached hydrogens (tertiary/aromatic N) is 2. The molecule has 1 N–H and O–H groups in total. The number of carboxylic acids is 1. The van der Waals surface area contributed by atoms with E-state index >= 15 is 0 Å². The predicted octanol–water partition coefficient (Wildman–Crippen LogP) is 5.23. The molecule has 0 fully saturated rings. The molecule has 0 atom stereocenters. The van der Waals surface area contributed by atoms with Crippen LogP contribution in [-0.2, 0) is 6.54 Å². The molecule has 0 saturated heterocycles. The van der Waals surface area contributed by atoms with Gasteiger partial charge in [-0.2, -0.15) is 5.10 Å². The predicted molar refractivity (Wildman–Crippen MR) is 98.4 cm³/mol. The summed E-state index contributed by atoms with van der Waals surface area (Å²) in [6, 6.07) is 13.4. The fourth-order valence-electron chi connectivity index (χ4n) is 2.55. The van der Waals surface area contributed by atoms with E-state index in [1.165, 1.54) is 0 Å². The second-order valence-corrected chi connectivity index (χ2v) is 7.80. The maximum Gasteiger partial charge on any atom is 0.356 e. The van der Waals surface area contributed by atoms with Gasteiger partial charge in [0.05, 0.1) is 17.1 Å². The summed E-state index contributed by atoms with van der Waals surface area (Å²) in [6.07, 6.45) is 0. The lowest BCUT2D eigenvalue weighted by molar-refractivity contribution is 0.0689. The van der Waals surface area contributed by atoms with Gasteiger partial charge in [0.15, 0.2) is 5.69 Å². The van der Waals surface area contributed by atoms with Crippen molar-refractivity contribution in [2.75, 3.05) is 0 Å². The molecule has 24 heavy (non-hydrogen) atoms. The van der Waals surface area contributed by atoms with Crippen molar-refractivity contribution in [3.05, 3.63) is 63.4 Å². The molecular weight excluding hydrogens is 364 g/mol. The number of benzene rings is 1. The van der Waals surface area contributed by atoms with Crippen molar-refractivity contribution in [1.29, 1.82) is 0 Å². The van der Waals surface area contributed by atoms with Crippen LogP contribution in [0.25, 0.3) is 20.7 Å². The van der Waals surface area contributed by atoms with Crippen molar-refractivity contribution in [2.45, 2.75) is 6.54 Å². The molecule has 120 valence electrons. The zero-order valence-electron chi connectivity index (χ0n) is 12.3. The van der Waals surface area contributed by atoms with Gasteiger partial charge < -0.3 is 5.11 Å². The van der Waals surface area contributed by atoms with E-state index in [9.17, 15) is 9.90 Å². The second-order valence-electron chi connectivity index (χ2n) is 5.25. The van der Waals surface area contributed by atoms with E-state index in [-0.39, 0.29) is 5.69 Å². The third-order valence-corrected chi connectivity index (χ3v) is 5.82. The van der Waals surface area contributed by atoms with Gasteiger partial charge in [0.2, 0.25) is 0 Å². The van der Waals surface area contributed by atoms with Gasteiger partial charge in [0.1, 0.15) is 0 Å². The Labute approximate surface area is 150 Å². The summed E-state index contributed by atoms with van der Waals surface area (Å²) in [5.74, 6) is -1.02.